The highest BCUT2D eigenvalue weighted by Crippen LogP contribution is 2.05. The Balaban J connectivity index is 2.08. The van der Waals surface area contributed by atoms with Gasteiger partial charge in [0.15, 0.2) is 0 Å². The zero-order valence-electron chi connectivity index (χ0n) is 9.36. The lowest BCUT2D eigenvalue weighted by Crippen LogP contribution is -2.08. The van der Waals surface area contributed by atoms with E-state index in [0.717, 1.165) is 24.1 Å². The molecule has 0 bridgehead atoms. The van der Waals surface area contributed by atoms with Crippen molar-refractivity contribution in [2.75, 3.05) is 0 Å². The summed E-state index contributed by atoms with van der Waals surface area (Å²) in [6, 6.07) is 13.9. The van der Waals surface area contributed by atoms with Crippen molar-refractivity contribution in [3.05, 3.63) is 69.6 Å². The van der Waals surface area contributed by atoms with Gasteiger partial charge in [0.05, 0.1) is 0 Å². The third-order valence-corrected chi connectivity index (χ3v) is 2.57. The fourth-order valence-electron chi connectivity index (χ4n) is 1.81. The summed E-state index contributed by atoms with van der Waals surface area (Å²) in [4.78, 5) is 14.1. The molecule has 1 aromatic heterocycles. The van der Waals surface area contributed by atoms with E-state index in [2.05, 4.69) is 17.1 Å². The molecular formula is C14H15NO. The van der Waals surface area contributed by atoms with Crippen molar-refractivity contribution in [1.82, 2.24) is 4.98 Å². The average molecular weight is 213 g/mol. The Morgan fingerprint density at radius 3 is 2.50 bits per heavy atom. The van der Waals surface area contributed by atoms with Crippen LogP contribution in [0.5, 0.6) is 0 Å². The number of aromatic nitrogens is 1. The van der Waals surface area contributed by atoms with E-state index in [9.17, 15) is 4.79 Å². The van der Waals surface area contributed by atoms with Crippen LogP contribution in [-0.2, 0) is 12.8 Å². The van der Waals surface area contributed by atoms with E-state index in [-0.39, 0.29) is 5.56 Å². The normalized spacial score (nSPS) is 10.3. The smallest absolute Gasteiger partial charge is 0.248 e. The van der Waals surface area contributed by atoms with E-state index in [1.807, 2.05) is 31.2 Å². The second-order valence-electron chi connectivity index (χ2n) is 4.03. The molecule has 1 N–H and O–H groups in total. The molecule has 0 fully saturated rings. The lowest BCUT2D eigenvalue weighted by molar-refractivity contribution is 0.900. The lowest BCUT2D eigenvalue weighted by Gasteiger charge is -2.02. The Kier molecular flexibility index (Phi) is 3.20. The van der Waals surface area contributed by atoms with Gasteiger partial charge in [-0.2, -0.15) is 0 Å². The van der Waals surface area contributed by atoms with Crippen LogP contribution in [0.4, 0.5) is 0 Å². The summed E-state index contributed by atoms with van der Waals surface area (Å²) in [6.07, 6.45) is 1.83. The highest BCUT2D eigenvalue weighted by molar-refractivity contribution is 5.19. The van der Waals surface area contributed by atoms with E-state index >= 15 is 0 Å². The minimum Gasteiger partial charge on any atom is -0.326 e. The average Bonchev–Trinajstić information content (AvgIpc) is 2.27. The highest BCUT2D eigenvalue weighted by Gasteiger charge is 1.97. The minimum atomic E-state index is -0.0111. The first-order valence-corrected chi connectivity index (χ1v) is 5.48. The number of pyridine rings is 1. The molecule has 2 nitrogen and oxygen atoms in total. The van der Waals surface area contributed by atoms with Gasteiger partial charge in [0, 0.05) is 11.8 Å². The summed E-state index contributed by atoms with van der Waals surface area (Å²) in [5.41, 5.74) is 3.31. The summed E-state index contributed by atoms with van der Waals surface area (Å²) < 4.78 is 0. The number of rotatable bonds is 3. The second kappa shape index (κ2) is 4.79. The standard InChI is InChI=1S/C14H15NO/c1-11-9-13(15-14(16)10-11)8-7-12-5-3-2-4-6-12/h2-6,9-10H,7-8H2,1H3,(H,15,16). The maximum absolute atomic E-state index is 11.3. The molecule has 0 amide bonds. The highest BCUT2D eigenvalue weighted by atomic mass is 16.1. The number of aromatic amines is 1. The number of H-pyrrole nitrogens is 1. The largest absolute Gasteiger partial charge is 0.326 e. The predicted octanol–water partition coefficient (Wildman–Crippen LogP) is 2.47. The summed E-state index contributed by atoms with van der Waals surface area (Å²) in [7, 11) is 0. The van der Waals surface area contributed by atoms with Gasteiger partial charge in [0.2, 0.25) is 5.56 Å². The van der Waals surface area contributed by atoms with Crippen molar-refractivity contribution in [2.24, 2.45) is 0 Å². The van der Waals surface area contributed by atoms with Gasteiger partial charge in [-0.3, -0.25) is 4.79 Å². The van der Waals surface area contributed by atoms with Gasteiger partial charge < -0.3 is 4.98 Å². The number of nitrogens with one attached hydrogen (secondary N) is 1. The Morgan fingerprint density at radius 2 is 1.81 bits per heavy atom. The van der Waals surface area contributed by atoms with Crippen molar-refractivity contribution in [2.45, 2.75) is 19.8 Å². The van der Waals surface area contributed by atoms with Gasteiger partial charge in [-0.1, -0.05) is 30.3 Å². The van der Waals surface area contributed by atoms with Gasteiger partial charge in [-0.25, -0.2) is 0 Å². The molecule has 0 aliphatic rings. The van der Waals surface area contributed by atoms with Gasteiger partial charge >= 0.3 is 0 Å². The number of benzene rings is 1. The van der Waals surface area contributed by atoms with Crippen molar-refractivity contribution < 1.29 is 0 Å². The van der Waals surface area contributed by atoms with Crippen molar-refractivity contribution in [1.29, 1.82) is 0 Å². The molecule has 1 aromatic carbocycles. The Morgan fingerprint density at radius 1 is 1.06 bits per heavy atom. The lowest BCUT2D eigenvalue weighted by atomic mass is 10.1. The summed E-state index contributed by atoms with van der Waals surface area (Å²) in [5.74, 6) is 0. The van der Waals surface area contributed by atoms with Crippen LogP contribution in [0.3, 0.4) is 0 Å². The molecule has 2 aromatic rings. The van der Waals surface area contributed by atoms with Crippen LogP contribution in [0, 0.1) is 6.92 Å². The second-order valence-corrected chi connectivity index (χ2v) is 4.03. The maximum Gasteiger partial charge on any atom is 0.248 e. The fourth-order valence-corrected chi connectivity index (χ4v) is 1.81. The van der Waals surface area contributed by atoms with E-state index in [1.165, 1.54) is 5.56 Å². The Bertz CT molecular complexity index is 514. The van der Waals surface area contributed by atoms with Crippen LogP contribution < -0.4 is 5.56 Å². The summed E-state index contributed by atoms with van der Waals surface area (Å²) in [6.45, 7) is 1.95. The van der Waals surface area contributed by atoms with E-state index in [1.54, 1.807) is 6.07 Å². The Labute approximate surface area is 95.0 Å². The summed E-state index contributed by atoms with van der Waals surface area (Å²) >= 11 is 0. The van der Waals surface area contributed by atoms with E-state index in [0.29, 0.717) is 0 Å². The fraction of sp³-hybridized carbons (Fsp3) is 0.214. The van der Waals surface area contributed by atoms with Crippen LogP contribution >= 0.6 is 0 Å². The molecule has 1 heterocycles. The zero-order valence-corrected chi connectivity index (χ0v) is 9.36. The van der Waals surface area contributed by atoms with Gasteiger partial charge in [0.1, 0.15) is 0 Å². The molecule has 82 valence electrons. The van der Waals surface area contributed by atoms with Crippen LogP contribution in [0.1, 0.15) is 16.8 Å². The molecule has 0 saturated heterocycles. The van der Waals surface area contributed by atoms with Crippen molar-refractivity contribution >= 4 is 0 Å². The van der Waals surface area contributed by atoms with Crippen molar-refractivity contribution in [3.63, 3.8) is 0 Å². The minimum absolute atomic E-state index is 0.0111. The molecule has 16 heavy (non-hydrogen) atoms. The SMILES string of the molecule is Cc1cc(CCc2ccccc2)[nH]c(=O)c1. The van der Waals surface area contributed by atoms with E-state index in [4.69, 9.17) is 0 Å². The third-order valence-electron chi connectivity index (χ3n) is 2.57. The van der Waals surface area contributed by atoms with Crippen LogP contribution in [0.25, 0.3) is 0 Å². The molecule has 0 spiro atoms. The molecule has 0 aliphatic carbocycles. The molecule has 0 aliphatic heterocycles. The van der Waals surface area contributed by atoms with E-state index < -0.39 is 0 Å². The number of aryl methyl sites for hydroxylation is 3. The zero-order chi connectivity index (χ0) is 11.4. The maximum atomic E-state index is 11.3. The number of hydrogen-bond acceptors (Lipinski definition) is 1. The molecule has 0 unspecified atom stereocenters. The van der Waals surface area contributed by atoms with Gasteiger partial charge in [0.25, 0.3) is 0 Å². The molecule has 0 saturated carbocycles. The third kappa shape index (κ3) is 2.83. The number of hydrogen-bond donors (Lipinski definition) is 1. The monoisotopic (exact) mass is 213 g/mol. The first-order chi connectivity index (χ1) is 7.74. The summed E-state index contributed by atoms with van der Waals surface area (Å²) in [5, 5.41) is 0. The van der Waals surface area contributed by atoms with Crippen molar-refractivity contribution in [3.8, 4) is 0 Å². The molecular weight excluding hydrogens is 198 g/mol. The topological polar surface area (TPSA) is 32.9 Å². The molecule has 0 radical (unpaired) electrons. The van der Waals surface area contributed by atoms with Crippen LogP contribution in [0.15, 0.2) is 47.3 Å². The van der Waals surface area contributed by atoms with Gasteiger partial charge in [-0.05, 0) is 37.0 Å². The van der Waals surface area contributed by atoms with Crippen LogP contribution in [0.2, 0.25) is 0 Å². The quantitative estimate of drug-likeness (QED) is 0.834. The van der Waals surface area contributed by atoms with Gasteiger partial charge in [-0.15, -0.1) is 0 Å². The Hall–Kier alpha value is -1.83. The first-order valence-electron chi connectivity index (χ1n) is 5.48. The van der Waals surface area contributed by atoms with Crippen LogP contribution in [-0.4, -0.2) is 4.98 Å². The predicted molar refractivity (Wildman–Crippen MR) is 65.6 cm³/mol. The molecule has 0 atom stereocenters. The first kappa shape index (κ1) is 10.7. The molecule has 2 rings (SSSR count). The molecule has 2 heteroatoms.